The molecule has 0 unspecified atom stereocenters. The topological polar surface area (TPSA) is 40.5 Å². The number of fused-ring (bicyclic) bond motifs is 6. The summed E-state index contributed by atoms with van der Waals surface area (Å²) in [5.41, 5.74) is 7.21. The lowest BCUT2D eigenvalue weighted by atomic mass is 9.71. The highest BCUT2D eigenvalue weighted by Crippen LogP contribution is 2.67. The Kier molecular flexibility index (Phi) is 5.30. The van der Waals surface area contributed by atoms with Crippen molar-refractivity contribution in [3.63, 3.8) is 0 Å². The van der Waals surface area contributed by atoms with E-state index in [4.69, 9.17) is 0 Å². The fourth-order valence-corrected chi connectivity index (χ4v) is 8.87. The summed E-state index contributed by atoms with van der Waals surface area (Å²) >= 11 is 0. The SMILES string of the molecule is CC1(C)CC2(CC(C)(C)c3ccc(-c4cccc5ccccc45)c(O)c32)c2c1ccc(-c1cccc3ccccc13)c2O. The van der Waals surface area contributed by atoms with Crippen molar-refractivity contribution < 1.29 is 10.2 Å². The molecule has 0 saturated heterocycles. The predicted octanol–water partition coefficient (Wildman–Crippen LogP) is 10.4. The lowest BCUT2D eigenvalue weighted by Gasteiger charge is -2.32. The zero-order valence-electron chi connectivity index (χ0n) is 25.2. The van der Waals surface area contributed by atoms with Crippen LogP contribution in [0.25, 0.3) is 43.8 Å². The van der Waals surface area contributed by atoms with Crippen LogP contribution in [-0.4, -0.2) is 10.2 Å². The van der Waals surface area contributed by atoms with E-state index >= 15 is 0 Å². The summed E-state index contributed by atoms with van der Waals surface area (Å²) in [4.78, 5) is 0. The normalized spacial score (nSPS) is 17.4. The van der Waals surface area contributed by atoms with Crippen molar-refractivity contribution in [2.24, 2.45) is 0 Å². The number of hydrogen-bond donors (Lipinski definition) is 2. The molecule has 6 aromatic carbocycles. The highest BCUT2D eigenvalue weighted by molar-refractivity contribution is 6.00. The number of benzene rings is 6. The Balaban J connectivity index is 1.43. The summed E-state index contributed by atoms with van der Waals surface area (Å²) in [5.74, 6) is 0.691. The number of phenols is 2. The van der Waals surface area contributed by atoms with E-state index < -0.39 is 5.41 Å². The average Bonchev–Trinajstić information content (AvgIpc) is 3.37. The Bertz CT molecular complexity index is 1950. The van der Waals surface area contributed by atoms with Gasteiger partial charge in [-0.15, -0.1) is 0 Å². The Hall–Kier alpha value is -4.56. The van der Waals surface area contributed by atoms with Crippen LogP contribution in [0.15, 0.2) is 109 Å². The van der Waals surface area contributed by atoms with Crippen LogP contribution in [-0.2, 0) is 16.2 Å². The minimum Gasteiger partial charge on any atom is -0.507 e. The van der Waals surface area contributed by atoms with E-state index in [-0.39, 0.29) is 10.8 Å². The first-order chi connectivity index (χ1) is 20.6. The van der Waals surface area contributed by atoms with Crippen molar-refractivity contribution in [2.75, 3.05) is 0 Å². The third-order valence-corrected chi connectivity index (χ3v) is 10.4. The van der Waals surface area contributed by atoms with E-state index in [1.54, 1.807) is 0 Å². The van der Waals surface area contributed by atoms with E-state index in [0.29, 0.717) is 11.5 Å². The maximum Gasteiger partial charge on any atom is 0.127 e. The highest BCUT2D eigenvalue weighted by atomic mass is 16.3. The summed E-state index contributed by atoms with van der Waals surface area (Å²) in [7, 11) is 0. The van der Waals surface area contributed by atoms with Gasteiger partial charge in [-0.05, 0) is 67.5 Å². The summed E-state index contributed by atoms with van der Waals surface area (Å²) in [6, 6.07) is 38.0. The lowest BCUT2D eigenvalue weighted by Crippen LogP contribution is -2.27. The molecule has 0 atom stereocenters. The third-order valence-electron chi connectivity index (χ3n) is 10.4. The third kappa shape index (κ3) is 3.53. The molecule has 1 spiro atoms. The zero-order chi connectivity index (χ0) is 29.7. The zero-order valence-corrected chi connectivity index (χ0v) is 25.2. The maximum absolute atomic E-state index is 12.4. The Labute approximate surface area is 253 Å². The summed E-state index contributed by atoms with van der Waals surface area (Å²) in [5, 5.41) is 29.4. The second kappa shape index (κ2) is 8.74. The molecule has 6 aromatic rings. The largest absolute Gasteiger partial charge is 0.507 e. The number of hydrogen-bond acceptors (Lipinski definition) is 2. The van der Waals surface area contributed by atoms with Crippen LogP contribution in [0.4, 0.5) is 0 Å². The van der Waals surface area contributed by atoms with Crippen molar-refractivity contribution in [1.29, 1.82) is 0 Å². The molecule has 2 heteroatoms. The van der Waals surface area contributed by atoms with E-state index in [1.165, 1.54) is 11.1 Å². The molecule has 2 nitrogen and oxygen atoms in total. The van der Waals surface area contributed by atoms with Gasteiger partial charge < -0.3 is 10.2 Å². The molecule has 0 aromatic heterocycles. The molecule has 43 heavy (non-hydrogen) atoms. The van der Waals surface area contributed by atoms with Crippen molar-refractivity contribution >= 4 is 21.5 Å². The van der Waals surface area contributed by atoms with Crippen molar-refractivity contribution in [2.45, 2.75) is 56.8 Å². The van der Waals surface area contributed by atoms with Crippen molar-refractivity contribution in [3.8, 4) is 33.8 Å². The van der Waals surface area contributed by atoms with Gasteiger partial charge in [0.2, 0.25) is 0 Å². The van der Waals surface area contributed by atoms with Gasteiger partial charge in [-0.1, -0.05) is 137 Å². The van der Waals surface area contributed by atoms with Gasteiger partial charge in [0.05, 0.1) is 0 Å². The molecule has 8 rings (SSSR count). The monoisotopic (exact) mass is 560 g/mol. The molecule has 212 valence electrons. The van der Waals surface area contributed by atoms with E-state index in [2.05, 4.69) is 137 Å². The maximum atomic E-state index is 12.4. The minimum atomic E-state index is -0.521. The second-order valence-corrected chi connectivity index (χ2v) is 14.0. The van der Waals surface area contributed by atoms with Crippen molar-refractivity contribution in [3.05, 3.63) is 131 Å². The fraction of sp³-hybridized carbons (Fsp3) is 0.220. The molecular formula is C41H36O2. The molecule has 0 bridgehead atoms. The number of phenolic OH excluding ortho intramolecular Hbond substituents is 2. The van der Waals surface area contributed by atoms with Crippen LogP contribution < -0.4 is 0 Å². The van der Waals surface area contributed by atoms with E-state index in [0.717, 1.165) is 67.8 Å². The first-order valence-corrected chi connectivity index (χ1v) is 15.3. The van der Waals surface area contributed by atoms with Crippen LogP contribution in [0.1, 0.15) is 62.8 Å². The fourth-order valence-electron chi connectivity index (χ4n) is 8.87. The molecule has 2 N–H and O–H groups in total. The highest BCUT2D eigenvalue weighted by Gasteiger charge is 2.59. The standard InChI is InChI=1S/C41H36O2/c1-39(2)23-41(35-33(39)21-19-31(37(35)42)29-17-9-13-25-11-5-7-15-27(25)29)24-40(3,4)34-22-20-32(38(43)36(34)41)30-18-10-14-26-12-6-8-16-28(26)30/h5-22,42-43H,23-24H2,1-4H3. The Morgan fingerprint density at radius 2 is 0.837 bits per heavy atom. The van der Waals surface area contributed by atoms with E-state index in [1.807, 2.05) is 0 Å². The summed E-state index contributed by atoms with van der Waals surface area (Å²) in [6.07, 6.45) is 1.65. The van der Waals surface area contributed by atoms with Gasteiger partial charge >= 0.3 is 0 Å². The van der Waals surface area contributed by atoms with Gasteiger partial charge in [-0.2, -0.15) is 0 Å². The smallest absolute Gasteiger partial charge is 0.127 e. The van der Waals surface area contributed by atoms with Gasteiger partial charge in [0.25, 0.3) is 0 Å². The molecule has 0 aliphatic heterocycles. The molecule has 2 aliphatic rings. The molecule has 0 amide bonds. The van der Waals surface area contributed by atoms with Crippen LogP contribution in [0.2, 0.25) is 0 Å². The number of aromatic hydroxyl groups is 2. The van der Waals surface area contributed by atoms with E-state index in [9.17, 15) is 10.2 Å². The first-order valence-electron chi connectivity index (χ1n) is 15.3. The average molecular weight is 561 g/mol. The predicted molar refractivity (Wildman–Crippen MR) is 178 cm³/mol. The number of rotatable bonds is 2. The summed E-state index contributed by atoms with van der Waals surface area (Å²) < 4.78 is 0. The van der Waals surface area contributed by atoms with Crippen LogP contribution in [0, 0.1) is 0 Å². The van der Waals surface area contributed by atoms with Crippen molar-refractivity contribution in [1.82, 2.24) is 0 Å². The van der Waals surface area contributed by atoms with Gasteiger partial charge in [0.1, 0.15) is 11.5 Å². The van der Waals surface area contributed by atoms with Gasteiger partial charge in [-0.3, -0.25) is 0 Å². The van der Waals surface area contributed by atoms with Crippen LogP contribution >= 0.6 is 0 Å². The first kappa shape index (κ1) is 26.1. The minimum absolute atomic E-state index is 0.177. The molecular weight excluding hydrogens is 524 g/mol. The molecule has 2 aliphatic carbocycles. The molecule has 0 saturated carbocycles. The molecule has 0 heterocycles. The van der Waals surface area contributed by atoms with Crippen LogP contribution in [0.5, 0.6) is 11.5 Å². The Morgan fingerprint density at radius 1 is 0.442 bits per heavy atom. The van der Waals surface area contributed by atoms with Crippen LogP contribution in [0.3, 0.4) is 0 Å². The lowest BCUT2D eigenvalue weighted by molar-refractivity contribution is 0.336. The molecule has 0 fully saturated rings. The Morgan fingerprint density at radius 3 is 1.28 bits per heavy atom. The quantitative estimate of drug-likeness (QED) is 0.221. The van der Waals surface area contributed by atoms with Gasteiger partial charge in [0.15, 0.2) is 0 Å². The van der Waals surface area contributed by atoms with Gasteiger partial charge in [-0.25, -0.2) is 0 Å². The van der Waals surface area contributed by atoms with Gasteiger partial charge in [0, 0.05) is 27.7 Å². The second-order valence-electron chi connectivity index (χ2n) is 14.0. The summed E-state index contributed by atoms with van der Waals surface area (Å²) in [6.45, 7) is 9.14. The molecule has 0 radical (unpaired) electrons.